The first-order valence-electron chi connectivity index (χ1n) is 6.60. The van der Waals surface area contributed by atoms with Gasteiger partial charge < -0.3 is 15.4 Å². The number of benzene rings is 1. The summed E-state index contributed by atoms with van der Waals surface area (Å²) in [6.45, 7) is 4.87. The molecule has 108 valence electrons. The van der Waals surface area contributed by atoms with Gasteiger partial charge in [-0.1, -0.05) is 18.3 Å². The van der Waals surface area contributed by atoms with Crippen LogP contribution in [-0.2, 0) is 4.79 Å². The highest BCUT2D eigenvalue weighted by molar-refractivity contribution is 7.22. The first-order valence-corrected chi connectivity index (χ1v) is 7.41. The number of amides is 1. The second-order valence-corrected chi connectivity index (χ2v) is 5.59. The molecule has 0 aliphatic rings. The number of hydrogen-bond donors (Lipinski definition) is 2. The number of hydrogen-bond acceptors (Lipinski definition) is 5. The predicted octanol–water partition coefficient (Wildman–Crippen LogP) is 2.63. The second-order valence-electron chi connectivity index (χ2n) is 4.56. The molecule has 1 unspecified atom stereocenters. The van der Waals surface area contributed by atoms with Crippen LogP contribution in [0.3, 0.4) is 0 Å². The van der Waals surface area contributed by atoms with E-state index in [1.165, 1.54) is 11.3 Å². The van der Waals surface area contributed by atoms with E-state index in [0.29, 0.717) is 11.6 Å². The van der Waals surface area contributed by atoms with Gasteiger partial charge in [0.15, 0.2) is 5.13 Å². The van der Waals surface area contributed by atoms with Crippen molar-refractivity contribution in [3.63, 3.8) is 0 Å². The molecule has 0 spiro atoms. The lowest BCUT2D eigenvalue weighted by molar-refractivity contribution is -0.116. The minimum Gasteiger partial charge on any atom is -0.497 e. The van der Waals surface area contributed by atoms with Gasteiger partial charge in [-0.25, -0.2) is 4.98 Å². The van der Waals surface area contributed by atoms with Gasteiger partial charge in [0.1, 0.15) is 5.75 Å². The van der Waals surface area contributed by atoms with Gasteiger partial charge in [0.2, 0.25) is 5.91 Å². The van der Waals surface area contributed by atoms with Crippen LogP contribution in [0.1, 0.15) is 20.3 Å². The van der Waals surface area contributed by atoms with Gasteiger partial charge in [-0.05, 0) is 31.7 Å². The van der Waals surface area contributed by atoms with Crippen molar-refractivity contribution in [1.29, 1.82) is 0 Å². The number of ether oxygens (including phenoxy) is 1. The maximum atomic E-state index is 11.9. The first kappa shape index (κ1) is 14.7. The largest absolute Gasteiger partial charge is 0.497 e. The Morgan fingerprint density at radius 3 is 3.00 bits per heavy atom. The highest BCUT2D eigenvalue weighted by Gasteiger charge is 2.11. The van der Waals surface area contributed by atoms with Crippen LogP contribution < -0.4 is 15.4 Å². The minimum atomic E-state index is -0.0236. The number of thiazole rings is 1. The molecule has 1 amide bonds. The number of anilines is 1. The molecule has 1 aromatic carbocycles. The third-order valence-electron chi connectivity index (χ3n) is 2.89. The maximum absolute atomic E-state index is 11.9. The second kappa shape index (κ2) is 6.67. The van der Waals surface area contributed by atoms with Crippen LogP contribution in [0, 0.1) is 0 Å². The molecule has 2 N–H and O–H groups in total. The minimum absolute atomic E-state index is 0.0236. The lowest BCUT2D eigenvalue weighted by atomic mass is 10.2. The molecule has 2 rings (SSSR count). The number of rotatable bonds is 6. The smallest absolute Gasteiger partial charge is 0.227 e. The molecule has 0 aliphatic heterocycles. The Balaban J connectivity index is 2.04. The maximum Gasteiger partial charge on any atom is 0.227 e. The van der Waals surface area contributed by atoms with Gasteiger partial charge in [-0.2, -0.15) is 0 Å². The fourth-order valence-corrected chi connectivity index (χ4v) is 2.86. The predicted molar refractivity (Wildman–Crippen MR) is 82.6 cm³/mol. The van der Waals surface area contributed by atoms with Crippen molar-refractivity contribution in [3.05, 3.63) is 18.2 Å². The molecule has 0 fully saturated rings. The number of nitrogens with zero attached hydrogens (tertiary/aromatic N) is 1. The quantitative estimate of drug-likeness (QED) is 0.859. The molecule has 1 aromatic heterocycles. The van der Waals surface area contributed by atoms with Gasteiger partial charge in [-0.3, -0.25) is 4.79 Å². The first-order chi connectivity index (χ1) is 9.62. The zero-order valence-corrected chi connectivity index (χ0v) is 12.7. The normalized spacial score (nSPS) is 12.3. The number of nitrogens with one attached hydrogen (secondary N) is 2. The van der Waals surface area contributed by atoms with Gasteiger partial charge >= 0.3 is 0 Å². The van der Waals surface area contributed by atoms with Gasteiger partial charge in [0, 0.05) is 12.5 Å². The van der Waals surface area contributed by atoms with Crippen LogP contribution in [0.2, 0.25) is 0 Å². The zero-order valence-electron chi connectivity index (χ0n) is 11.9. The van der Waals surface area contributed by atoms with E-state index in [9.17, 15) is 4.79 Å². The van der Waals surface area contributed by atoms with E-state index in [0.717, 1.165) is 22.5 Å². The number of methoxy groups -OCH3 is 1. The fraction of sp³-hybridized carbons (Fsp3) is 0.429. The van der Waals surface area contributed by atoms with Crippen molar-refractivity contribution in [1.82, 2.24) is 10.3 Å². The van der Waals surface area contributed by atoms with Gasteiger partial charge in [-0.15, -0.1) is 0 Å². The molecule has 1 heterocycles. The molecule has 0 saturated carbocycles. The van der Waals surface area contributed by atoms with Crippen LogP contribution in [0.4, 0.5) is 5.13 Å². The zero-order chi connectivity index (χ0) is 14.5. The Hall–Kier alpha value is -1.66. The van der Waals surface area contributed by atoms with E-state index in [-0.39, 0.29) is 11.9 Å². The summed E-state index contributed by atoms with van der Waals surface area (Å²) >= 11 is 1.45. The molecule has 0 bridgehead atoms. The van der Waals surface area contributed by atoms with E-state index < -0.39 is 0 Å². The van der Waals surface area contributed by atoms with Crippen molar-refractivity contribution in [2.24, 2.45) is 0 Å². The average Bonchev–Trinajstić information content (AvgIpc) is 2.79. The summed E-state index contributed by atoms with van der Waals surface area (Å²) in [6.07, 6.45) is 0.438. The summed E-state index contributed by atoms with van der Waals surface area (Å²) in [5.41, 5.74) is 0.867. The molecule has 20 heavy (non-hydrogen) atoms. The van der Waals surface area contributed by atoms with Crippen LogP contribution in [-0.4, -0.2) is 30.6 Å². The van der Waals surface area contributed by atoms with Gasteiger partial charge in [0.05, 0.1) is 17.3 Å². The van der Waals surface area contributed by atoms with Crippen LogP contribution in [0.15, 0.2) is 18.2 Å². The summed E-state index contributed by atoms with van der Waals surface area (Å²) in [4.78, 5) is 16.3. The van der Waals surface area contributed by atoms with Crippen molar-refractivity contribution in [3.8, 4) is 5.75 Å². The lowest BCUT2D eigenvalue weighted by Gasteiger charge is -2.10. The Bertz CT molecular complexity index is 597. The van der Waals surface area contributed by atoms with Crippen LogP contribution >= 0.6 is 11.3 Å². The lowest BCUT2D eigenvalue weighted by Crippen LogP contribution is -2.30. The Morgan fingerprint density at radius 1 is 1.50 bits per heavy atom. The SMILES string of the molecule is CCNC(C)CC(=O)Nc1nc2ccc(OC)cc2s1. The third-order valence-corrected chi connectivity index (χ3v) is 3.82. The molecule has 0 aliphatic carbocycles. The van der Waals surface area contributed by atoms with Crippen LogP contribution in [0.5, 0.6) is 5.75 Å². The average molecular weight is 293 g/mol. The molecule has 0 saturated heterocycles. The molecule has 5 nitrogen and oxygen atoms in total. The van der Waals surface area contributed by atoms with E-state index in [1.807, 2.05) is 32.0 Å². The summed E-state index contributed by atoms with van der Waals surface area (Å²) in [5, 5.41) is 6.68. The summed E-state index contributed by atoms with van der Waals surface area (Å²) in [7, 11) is 1.63. The Kier molecular flexibility index (Phi) is 4.92. The number of fused-ring (bicyclic) bond motifs is 1. The van der Waals surface area contributed by atoms with E-state index in [1.54, 1.807) is 7.11 Å². The third kappa shape index (κ3) is 3.68. The molecule has 6 heteroatoms. The van der Waals surface area contributed by atoms with Gasteiger partial charge in [0.25, 0.3) is 0 Å². The summed E-state index contributed by atoms with van der Waals surface area (Å²) < 4.78 is 6.17. The van der Waals surface area contributed by atoms with E-state index in [4.69, 9.17) is 4.74 Å². The van der Waals surface area contributed by atoms with E-state index >= 15 is 0 Å². The number of carbonyl (C=O) groups is 1. The molecule has 1 atom stereocenters. The fourth-order valence-electron chi connectivity index (χ4n) is 1.95. The summed E-state index contributed by atoms with van der Waals surface area (Å²) in [6, 6.07) is 5.83. The van der Waals surface area contributed by atoms with Crippen molar-refractivity contribution in [2.75, 3.05) is 19.0 Å². The van der Waals surface area contributed by atoms with Crippen LogP contribution in [0.25, 0.3) is 10.2 Å². The highest BCUT2D eigenvalue weighted by atomic mass is 32.1. The molecule has 2 aromatic rings. The summed E-state index contributed by atoms with van der Waals surface area (Å²) in [5.74, 6) is 0.768. The molecular weight excluding hydrogens is 274 g/mol. The Labute approximate surface area is 122 Å². The highest BCUT2D eigenvalue weighted by Crippen LogP contribution is 2.29. The van der Waals surface area contributed by atoms with E-state index in [2.05, 4.69) is 15.6 Å². The van der Waals surface area contributed by atoms with Crippen molar-refractivity contribution >= 4 is 32.6 Å². The number of carbonyl (C=O) groups excluding carboxylic acids is 1. The standard InChI is InChI=1S/C14H19N3O2S/c1-4-15-9(2)7-13(18)17-14-16-11-6-5-10(19-3)8-12(11)20-14/h5-6,8-9,15H,4,7H2,1-3H3,(H,16,17,18). The van der Waals surface area contributed by atoms with Crippen molar-refractivity contribution in [2.45, 2.75) is 26.3 Å². The van der Waals surface area contributed by atoms with Crippen molar-refractivity contribution < 1.29 is 9.53 Å². The number of aromatic nitrogens is 1. The Morgan fingerprint density at radius 2 is 2.30 bits per heavy atom. The monoisotopic (exact) mass is 293 g/mol. The topological polar surface area (TPSA) is 63.2 Å². The molecule has 0 radical (unpaired) electrons. The molecular formula is C14H19N3O2S.